The molecule has 1 atom stereocenters. The molecule has 0 aromatic heterocycles. The monoisotopic (exact) mass is 197 g/mol. The molecular weight excluding hydrogens is 174 g/mol. The zero-order valence-electron chi connectivity index (χ0n) is 9.97. The van der Waals surface area contributed by atoms with Crippen molar-refractivity contribution in [3.63, 3.8) is 0 Å². The lowest BCUT2D eigenvalue weighted by Crippen LogP contribution is -2.44. The minimum atomic E-state index is -0.151. The number of hydrogen-bond acceptors (Lipinski definition) is 2. The number of nitrogens with zero attached hydrogens (tertiary/aromatic N) is 1. The van der Waals surface area contributed by atoms with E-state index >= 15 is 0 Å². The van der Waals surface area contributed by atoms with Crippen molar-refractivity contribution in [1.29, 1.82) is 0 Å². The van der Waals surface area contributed by atoms with Crippen LogP contribution in [0.2, 0.25) is 0 Å². The lowest BCUT2D eigenvalue weighted by Gasteiger charge is -2.36. The fraction of sp³-hybridized carbons (Fsp3) is 0.917. The third-order valence-corrected chi connectivity index (χ3v) is 3.72. The molecule has 0 spiro atoms. The highest BCUT2D eigenvalue weighted by atomic mass is 16.1. The Labute approximate surface area is 87.7 Å². The van der Waals surface area contributed by atoms with Gasteiger partial charge in [0.05, 0.1) is 0 Å². The summed E-state index contributed by atoms with van der Waals surface area (Å²) in [5.41, 5.74) is 0.140. The molecule has 0 aromatic carbocycles. The zero-order chi connectivity index (χ0) is 10.8. The Hall–Kier alpha value is -0.370. The first-order valence-corrected chi connectivity index (χ1v) is 5.65. The molecule has 14 heavy (non-hydrogen) atoms. The highest BCUT2D eigenvalue weighted by Gasteiger charge is 2.36. The predicted molar refractivity (Wildman–Crippen MR) is 59.3 cm³/mol. The van der Waals surface area contributed by atoms with Gasteiger partial charge in [-0.3, -0.25) is 4.90 Å². The van der Waals surface area contributed by atoms with E-state index < -0.39 is 0 Å². The molecule has 1 aliphatic heterocycles. The molecule has 0 bridgehead atoms. The maximum Gasteiger partial charge on any atom is 0.127 e. The van der Waals surface area contributed by atoms with E-state index in [1.807, 2.05) is 0 Å². The van der Waals surface area contributed by atoms with Crippen LogP contribution in [-0.2, 0) is 4.79 Å². The fourth-order valence-corrected chi connectivity index (χ4v) is 2.12. The second-order valence-electron chi connectivity index (χ2n) is 5.46. The van der Waals surface area contributed by atoms with E-state index in [4.69, 9.17) is 0 Å². The van der Waals surface area contributed by atoms with Crippen molar-refractivity contribution in [2.75, 3.05) is 13.1 Å². The van der Waals surface area contributed by atoms with Gasteiger partial charge in [0.15, 0.2) is 0 Å². The van der Waals surface area contributed by atoms with Crippen LogP contribution in [0.1, 0.15) is 47.0 Å². The lowest BCUT2D eigenvalue weighted by molar-refractivity contribution is -0.117. The summed E-state index contributed by atoms with van der Waals surface area (Å²) in [5.74, 6) is 0. The van der Waals surface area contributed by atoms with E-state index in [1.165, 1.54) is 12.8 Å². The number of likely N-dealkylation sites (tertiary alicyclic amines) is 1. The van der Waals surface area contributed by atoms with Gasteiger partial charge in [0.25, 0.3) is 0 Å². The van der Waals surface area contributed by atoms with Gasteiger partial charge in [0.2, 0.25) is 0 Å². The summed E-state index contributed by atoms with van der Waals surface area (Å²) >= 11 is 0. The third kappa shape index (κ3) is 2.35. The molecule has 1 rings (SSSR count). The van der Waals surface area contributed by atoms with Gasteiger partial charge in [0.1, 0.15) is 6.29 Å². The second-order valence-corrected chi connectivity index (χ2v) is 5.46. The maximum atomic E-state index is 11.0. The molecule has 0 aliphatic carbocycles. The Kier molecular flexibility index (Phi) is 3.36. The van der Waals surface area contributed by atoms with Crippen LogP contribution in [0.3, 0.4) is 0 Å². The van der Waals surface area contributed by atoms with E-state index in [-0.39, 0.29) is 5.41 Å². The Balaban J connectivity index is 2.63. The molecule has 1 saturated heterocycles. The normalized spacial score (nSPS) is 26.0. The standard InChI is InChI=1S/C12H23NO/c1-5-12(4,10-14)9-13-8-6-7-11(13,2)3/h10H,5-9H2,1-4H3. The van der Waals surface area contributed by atoms with E-state index in [2.05, 4.69) is 32.6 Å². The summed E-state index contributed by atoms with van der Waals surface area (Å²) in [6, 6.07) is 0. The van der Waals surface area contributed by atoms with Crippen molar-refractivity contribution in [1.82, 2.24) is 4.90 Å². The smallest absolute Gasteiger partial charge is 0.127 e. The number of rotatable bonds is 4. The maximum absolute atomic E-state index is 11.0. The number of hydrogen-bond donors (Lipinski definition) is 0. The second kappa shape index (κ2) is 4.01. The Morgan fingerprint density at radius 3 is 2.50 bits per heavy atom. The molecule has 0 amide bonds. The Bertz CT molecular complexity index is 212. The van der Waals surface area contributed by atoms with Gasteiger partial charge in [-0.15, -0.1) is 0 Å². The van der Waals surface area contributed by atoms with Crippen LogP contribution in [0, 0.1) is 5.41 Å². The van der Waals surface area contributed by atoms with Crippen molar-refractivity contribution < 1.29 is 4.79 Å². The summed E-state index contributed by atoms with van der Waals surface area (Å²) in [6.45, 7) is 10.8. The minimum absolute atomic E-state index is 0.151. The third-order valence-electron chi connectivity index (χ3n) is 3.72. The molecule has 0 saturated carbocycles. The number of carbonyl (C=O) groups is 1. The van der Waals surface area contributed by atoms with E-state index in [9.17, 15) is 4.79 Å². The molecule has 2 nitrogen and oxygen atoms in total. The molecule has 1 fully saturated rings. The molecule has 0 radical (unpaired) electrons. The topological polar surface area (TPSA) is 20.3 Å². The molecule has 1 unspecified atom stereocenters. The summed E-state index contributed by atoms with van der Waals surface area (Å²) in [4.78, 5) is 13.5. The quantitative estimate of drug-likeness (QED) is 0.645. The molecule has 0 N–H and O–H groups in total. The Morgan fingerprint density at radius 1 is 1.50 bits per heavy atom. The van der Waals surface area contributed by atoms with Crippen LogP contribution in [0.5, 0.6) is 0 Å². The number of aldehydes is 1. The van der Waals surface area contributed by atoms with Crippen LogP contribution in [0.15, 0.2) is 0 Å². The summed E-state index contributed by atoms with van der Waals surface area (Å²) in [5, 5.41) is 0. The zero-order valence-corrected chi connectivity index (χ0v) is 9.97. The largest absolute Gasteiger partial charge is 0.303 e. The minimum Gasteiger partial charge on any atom is -0.303 e. The summed E-state index contributed by atoms with van der Waals surface area (Å²) in [6.07, 6.45) is 4.59. The molecule has 1 aliphatic rings. The fourth-order valence-electron chi connectivity index (χ4n) is 2.12. The van der Waals surface area contributed by atoms with Gasteiger partial charge in [0, 0.05) is 17.5 Å². The molecule has 82 valence electrons. The average Bonchev–Trinajstić information content (AvgIpc) is 2.46. The SMILES string of the molecule is CCC(C)(C=O)CN1CCCC1(C)C. The first kappa shape index (κ1) is 11.7. The summed E-state index contributed by atoms with van der Waals surface area (Å²) < 4.78 is 0. The van der Waals surface area contributed by atoms with Gasteiger partial charge in [-0.1, -0.05) is 13.8 Å². The van der Waals surface area contributed by atoms with E-state index in [1.54, 1.807) is 0 Å². The van der Waals surface area contributed by atoms with Crippen LogP contribution in [0.25, 0.3) is 0 Å². The number of carbonyl (C=O) groups excluding carboxylic acids is 1. The van der Waals surface area contributed by atoms with Gasteiger partial charge < -0.3 is 4.79 Å². The average molecular weight is 197 g/mol. The first-order chi connectivity index (χ1) is 6.43. The van der Waals surface area contributed by atoms with Crippen molar-refractivity contribution in [3.8, 4) is 0 Å². The first-order valence-electron chi connectivity index (χ1n) is 5.65. The van der Waals surface area contributed by atoms with Gasteiger partial charge >= 0.3 is 0 Å². The van der Waals surface area contributed by atoms with Crippen LogP contribution in [-0.4, -0.2) is 29.8 Å². The Morgan fingerprint density at radius 2 is 2.14 bits per heavy atom. The van der Waals surface area contributed by atoms with Crippen molar-refractivity contribution >= 4 is 6.29 Å². The molecule has 2 heteroatoms. The molecule has 0 aromatic rings. The van der Waals surface area contributed by atoms with Gasteiger partial charge in [-0.2, -0.15) is 0 Å². The van der Waals surface area contributed by atoms with Gasteiger partial charge in [-0.05, 0) is 39.7 Å². The highest BCUT2D eigenvalue weighted by molar-refractivity contribution is 5.58. The van der Waals surface area contributed by atoms with E-state index in [0.717, 1.165) is 25.8 Å². The predicted octanol–water partition coefficient (Wildman–Crippen LogP) is 2.48. The lowest BCUT2D eigenvalue weighted by atomic mass is 9.87. The van der Waals surface area contributed by atoms with Gasteiger partial charge in [-0.25, -0.2) is 0 Å². The van der Waals surface area contributed by atoms with Crippen LogP contribution >= 0.6 is 0 Å². The molecule has 1 heterocycles. The van der Waals surface area contributed by atoms with Crippen molar-refractivity contribution in [2.45, 2.75) is 52.5 Å². The highest BCUT2D eigenvalue weighted by Crippen LogP contribution is 2.32. The van der Waals surface area contributed by atoms with E-state index in [0.29, 0.717) is 5.54 Å². The van der Waals surface area contributed by atoms with Crippen molar-refractivity contribution in [2.24, 2.45) is 5.41 Å². The summed E-state index contributed by atoms with van der Waals surface area (Å²) in [7, 11) is 0. The van der Waals surface area contributed by atoms with Crippen LogP contribution < -0.4 is 0 Å². The van der Waals surface area contributed by atoms with Crippen LogP contribution in [0.4, 0.5) is 0 Å². The molecular formula is C12H23NO. The van der Waals surface area contributed by atoms with Crippen molar-refractivity contribution in [3.05, 3.63) is 0 Å².